The lowest BCUT2D eigenvalue weighted by Crippen LogP contribution is -2.45. The number of nitrogens with one attached hydrogen (secondary N) is 2. The Kier molecular flexibility index (Phi) is 7.00. The minimum Gasteiger partial charge on any atom is -0.356 e. The summed E-state index contributed by atoms with van der Waals surface area (Å²) in [4.78, 5) is 8.78. The quantitative estimate of drug-likeness (QED) is 0.455. The van der Waals surface area contributed by atoms with E-state index in [1.54, 1.807) is 24.1 Å². The van der Waals surface area contributed by atoms with Crippen LogP contribution < -0.4 is 10.6 Å². The number of nitrogens with zero attached hydrogens (tertiary/aromatic N) is 4. The molecule has 0 spiro atoms. The lowest BCUT2D eigenvalue weighted by atomic mass is 9.76. The first-order valence-electron chi connectivity index (χ1n) is 10.2. The Morgan fingerprint density at radius 2 is 1.83 bits per heavy atom. The molecule has 29 heavy (non-hydrogen) atoms. The summed E-state index contributed by atoms with van der Waals surface area (Å²) < 4.78 is 1.76. The van der Waals surface area contributed by atoms with E-state index >= 15 is 0 Å². The number of aliphatic imine (C=N–C) groups is 1. The van der Waals surface area contributed by atoms with Crippen LogP contribution in [0.15, 0.2) is 72.1 Å². The zero-order valence-electron chi connectivity index (χ0n) is 17.5. The molecule has 0 aliphatic rings. The van der Waals surface area contributed by atoms with E-state index in [9.17, 15) is 0 Å². The number of aromatic nitrogens is 3. The SMILES string of the molecule is CCC(CC)(CNC(=NC)NCc1ccnc(-n2cccn2)c1)c1ccccc1. The van der Waals surface area contributed by atoms with Gasteiger partial charge in [-0.2, -0.15) is 5.10 Å². The van der Waals surface area contributed by atoms with Gasteiger partial charge in [-0.15, -0.1) is 0 Å². The van der Waals surface area contributed by atoms with E-state index in [4.69, 9.17) is 0 Å². The van der Waals surface area contributed by atoms with Gasteiger partial charge in [-0.3, -0.25) is 4.99 Å². The van der Waals surface area contributed by atoms with Crippen molar-refractivity contribution in [2.75, 3.05) is 13.6 Å². The number of guanidine groups is 1. The fourth-order valence-corrected chi connectivity index (χ4v) is 3.56. The van der Waals surface area contributed by atoms with Gasteiger partial charge in [-0.05, 0) is 42.2 Å². The van der Waals surface area contributed by atoms with Gasteiger partial charge >= 0.3 is 0 Å². The lowest BCUT2D eigenvalue weighted by molar-refractivity contribution is 0.389. The zero-order chi connectivity index (χ0) is 20.5. The molecule has 0 aliphatic heterocycles. The van der Waals surface area contributed by atoms with E-state index in [0.717, 1.165) is 36.7 Å². The van der Waals surface area contributed by atoms with E-state index in [1.807, 2.05) is 24.4 Å². The van der Waals surface area contributed by atoms with Crippen LogP contribution in [-0.4, -0.2) is 34.3 Å². The second-order valence-corrected chi connectivity index (χ2v) is 7.11. The van der Waals surface area contributed by atoms with Gasteiger partial charge in [-0.25, -0.2) is 9.67 Å². The molecule has 0 atom stereocenters. The third kappa shape index (κ3) is 5.02. The predicted molar refractivity (Wildman–Crippen MR) is 118 cm³/mol. The summed E-state index contributed by atoms with van der Waals surface area (Å²) in [6.07, 6.45) is 7.57. The molecule has 1 aromatic carbocycles. The molecule has 0 unspecified atom stereocenters. The van der Waals surface area contributed by atoms with Crippen LogP contribution in [0.25, 0.3) is 5.82 Å². The van der Waals surface area contributed by atoms with Gasteiger partial charge in [0.05, 0.1) is 0 Å². The Labute approximate surface area is 173 Å². The maximum atomic E-state index is 4.40. The largest absolute Gasteiger partial charge is 0.356 e. The predicted octanol–water partition coefficient (Wildman–Crippen LogP) is 3.69. The monoisotopic (exact) mass is 390 g/mol. The Bertz CT molecular complexity index is 898. The molecule has 2 N–H and O–H groups in total. The fourth-order valence-electron chi connectivity index (χ4n) is 3.56. The van der Waals surface area contributed by atoms with Crippen LogP contribution in [0.4, 0.5) is 0 Å². The van der Waals surface area contributed by atoms with Gasteiger partial charge in [0.15, 0.2) is 11.8 Å². The maximum absolute atomic E-state index is 4.40. The molecule has 0 amide bonds. The van der Waals surface area contributed by atoms with E-state index in [1.165, 1.54) is 5.56 Å². The summed E-state index contributed by atoms with van der Waals surface area (Å²) in [6.45, 7) is 6.00. The topological polar surface area (TPSA) is 67.1 Å². The Balaban J connectivity index is 1.63. The average molecular weight is 391 g/mol. The molecule has 0 saturated carbocycles. The normalized spacial score (nSPS) is 12.0. The lowest BCUT2D eigenvalue weighted by Gasteiger charge is -2.33. The molecule has 3 aromatic rings. The van der Waals surface area contributed by atoms with Crippen LogP contribution in [0, 0.1) is 0 Å². The summed E-state index contributed by atoms with van der Waals surface area (Å²) in [5.74, 6) is 1.60. The van der Waals surface area contributed by atoms with Crippen molar-refractivity contribution >= 4 is 5.96 Å². The van der Waals surface area contributed by atoms with Gasteiger partial charge in [0, 0.05) is 44.1 Å². The van der Waals surface area contributed by atoms with E-state index < -0.39 is 0 Å². The second-order valence-electron chi connectivity index (χ2n) is 7.11. The molecule has 0 radical (unpaired) electrons. The summed E-state index contributed by atoms with van der Waals surface area (Å²) in [6, 6.07) is 16.7. The van der Waals surface area contributed by atoms with E-state index in [2.05, 4.69) is 69.9 Å². The zero-order valence-corrected chi connectivity index (χ0v) is 17.5. The van der Waals surface area contributed by atoms with E-state index in [-0.39, 0.29) is 5.41 Å². The highest BCUT2D eigenvalue weighted by Crippen LogP contribution is 2.30. The van der Waals surface area contributed by atoms with Crippen molar-refractivity contribution in [1.82, 2.24) is 25.4 Å². The van der Waals surface area contributed by atoms with Crippen LogP contribution in [0.2, 0.25) is 0 Å². The highest BCUT2D eigenvalue weighted by molar-refractivity contribution is 5.79. The summed E-state index contributed by atoms with van der Waals surface area (Å²) in [5.41, 5.74) is 2.57. The molecule has 0 bridgehead atoms. The van der Waals surface area contributed by atoms with Crippen molar-refractivity contribution in [2.24, 2.45) is 4.99 Å². The van der Waals surface area contributed by atoms with Crippen LogP contribution in [-0.2, 0) is 12.0 Å². The first-order chi connectivity index (χ1) is 14.2. The van der Waals surface area contributed by atoms with Crippen molar-refractivity contribution in [3.63, 3.8) is 0 Å². The van der Waals surface area contributed by atoms with Crippen LogP contribution >= 0.6 is 0 Å². The van der Waals surface area contributed by atoms with Gasteiger partial charge in [0.2, 0.25) is 0 Å². The first kappa shape index (κ1) is 20.6. The number of pyridine rings is 1. The van der Waals surface area contributed by atoms with Crippen molar-refractivity contribution in [1.29, 1.82) is 0 Å². The molecule has 0 saturated heterocycles. The highest BCUT2D eigenvalue weighted by Gasteiger charge is 2.28. The molecule has 0 fully saturated rings. The van der Waals surface area contributed by atoms with Gasteiger partial charge in [0.25, 0.3) is 0 Å². The Morgan fingerprint density at radius 3 is 2.48 bits per heavy atom. The second kappa shape index (κ2) is 9.87. The minimum atomic E-state index is 0.0861. The van der Waals surface area contributed by atoms with Crippen LogP contribution in [0.1, 0.15) is 37.8 Å². The highest BCUT2D eigenvalue weighted by atomic mass is 15.3. The fraction of sp³-hybridized carbons (Fsp3) is 0.348. The molecule has 2 aromatic heterocycles. The summed E-state index contributed by atoms with van der Waals surface area (Å²) in [5, 5.41) is 11.2. The van der Waals surface area contributed by atoms with Crippen molar-refractivity contribution in [3.8, 4) is 5.82 Å². The number of hydrogen-bond donors (Lipinski definition) is 2. The summed E-state index contributed by atoms with van der Waals surface area (Å²) in [7, 11) is 1.80. The average Bonchev–Trinajstić information content (AvgIpc) is 3.33. The standard InChI is InChI=1S/C23H30N6/c1-4-23(5-2,20-10-7-6-8-11-20)18-27-22(24-3)26-17-19-12-14-25-21(16-19)29-15-9-13-28-29/h6-16H,4-5,17-18H2,1-3H3,(H2,24,26,27). The molecular weight excluding hydrogens is 360 g/mol. The van der Waals surface area contributed by atoms with Gasteiger partial charge < -0.3 is 10.6 Å². The molecule has 6 heteroatoms. The van der Waals surface area contributed by atoms with Crippen molar-refractivity contribution in [2.45, 2.75) is 38.6 Å². The van der Waals surface area contributed by atoms with Crippen molar-refractivity contribution in [3.05, 3.63) is 78.2 Å². The molecule has 6 nitrogen and oxygen atoms in total. The first-order valence-corrected chi connectivity index (χ1v) is 10.2. The maximum Gasteiger partial charge on any atom is 0.191 e. The molecule has 3 rings (SSSR count). The molecular formula is C23H30N6. The Hall–Kier alpha value is -3.15. The number of hydrogen-bond acceptors (Lipinski definition) is 3. The van der Waals surface area contributed by atoms with Crippen LogP contribution in [0.5, 0.6) is 0 Å². The van der Waals surface area contributed by atoms with Gasteiger partial charge in [-0.1, -0.05) is 44.2 Å². The third-order valence-electron chi connectivity index (χ3n) is 5.57. The minimum absolute atomic E-state index is 0.0861. The van der Waals surface area contributed by atoms with E-state index in [0.29, 0.717) is 6.54 Å². The number of rotatable bonds is 8. The molecule has 152 valence electrons. The summed E-state index contributed by atoms with van der Waals surface area (Å²) >= 11 is 0. The number of benzene rings is 1. The van der Waals surface area contributed by atoms with Gasteiger partial charge in [0.1, 0.15) is 0 Å². The van der Waals surface area contributed by atoms with Crippen molar-refractivity contribution < 1.29 is 0 Å². The van der Waals surface area contributed by atoms with Crippen LogP contribution in [0.3, 0.4) is 0 Å². The Morgan fingerprint density at radius 1 is 1.03 bits per heavy atom. The molecule has 2 heterocycles. The smallest absolute Gasteiger partial charge is 0.191 e. The molecule has 0 aliphatic carbocycles. The third-order valence-corrected chi connectivity index (χ3v) is 5.57.